The largest absolute Gasteiger partial charge is 0.508 e. The molecule has 6 heterocycles. The fraction of sp³-hybridized carbons (Fsp3) is 0.511. The number of primary amides is 1. The van der Waals surface area contributed by atoms with Crippen LogP contribution in [0.4, 0.5) is 0 Å². The van der Waals surface area contributed by atoms with E-state index in [4.69, 9.17) is 11.5 Å². The fourth-order valence-corrected chi connectivity index (χ4v) is 17.7. The molecule has 0 unspecified atom stereocenters. The van der Waals surface area contributed by atoms with Crippen molar-refractivity contribution in [1.29, 1.82) is 0 Å². The number of allylic oxidation sites excluding steroid dienone is 2. The van der Waals surface area contributed by atoms with Gasteiger partial charge in [0.05, 0.1) is 31.4 Å². The first kappa shape index (κ1) is 107. The molecule has 3 saturated heterocycles. The molecule has 0 radical (unpaired) electrons. The van der Waals surface area contributed by atoms with E-state index in [9.17, 15) is 98.1 Å². The zero-order valence-electron chi connectivity index (χ0n) is 76.0. The van der Waals surface area contributed by atoms with Crippen LogP contribution in [-0.2, 0) is 122 Å². The van der Waals surface area contributed by atoms with Crippen molar-refractivity contribution in [2.75, 3.05) is 65.4 Å². The number of amides is 16. The van der Waals surface area contributed by atoms with Gasteiger partial charge < -0.3 is 134 Å². The van der Waals surface area contributed by atoms with Crippen LogP contribution in [0.5, 0.6) is 5.75 Å². The third kappa shape index (κ3) is 29.7. The number of aromatic hydroxyl groups is 1. The number of phenolic OH excluding ortho intramolecular Hbond substituents is 1. The highest BCUT2D eigenvalue weighted by Gasteiger charge is 2.47. The van der Waals surface area contributed by atoms with Crippen LogP contribution in [0, 0.1) is 0 Å². The molecule has 15 atom stereocenters. The van der Waals surface area contributed by atoms with Crippen molar-refractivity contribution in [1.82, 2.24) is 87.2 Å². The average Bonchev–Trinajstić information content (AvgIpc) is 1.65. The van der Waals surface area contributed by atoms with Crippen LogP contribution in [0.25, 0.3) is 21.8 Å². The number of carbonyl (C=O) groups is 20. The number of aromatic amines is 1. The molecule has 5 aromatic rings. The van der Waals surface area contributed by atoms with Crippen LogP contribution in [0.1, 0.15) is 126 Å². The van der Waals surface area contributed by atoms with Crippen molar-refractivity contribution in [2.24, 2.45) is 11.5 Å². The molecule has 4 aliphatic rings. The van der Waals surface area contributed by atoms with Gasteiger partial charge in [0.15, 0.2) is 0 Å². The number of fused-ring (bicyclic) bond motifs is 7. The molecule has 3 fully saturated rings. The molecule has 22 N–H and O–H groups in total. The lowest BCUT2D eigenvalue weighted by atomic mass is 9.99. The number of aliphatic hydroxyl groups excluding tert-OH is 2. The summed E-state index contributed by atoms with van der Waals surface area (Å²) in [6.07, 6.45) is 1.37. The standard InChI is InChI=1S/C90H119N19O27S/c1-48-77(123)99-62(38-75(119)120)89(135)108-33-17-24-68(108)84(130)101-63(39-91)81(127)97-58(30-32-74(117)118)88(134)109-43-53(112)37-70(109)85(131)98-59(35-50-40-93-56-20-15-13-18-54(50)56)80(126)102-64(45-110)82(128)100-61(36-51-42-107(44-76(121)122)66-21-16-14-19-55(51)66)87(133)106(4)69-23-12-10-8-6-5-7-9-11-22-67(105(3)90(69)136)83(129)96-57(29-31-73(115)116)79(125)103-65(78(124)94-41-71(92)113)46-137-47-72(114)95-60(86(132)104(48)2)34-49-25-27-52(111)28-26-49/h5-6,13-16,18-21,25-28,40,42,48,53,57-65,67-70,93,110-112H,7-12,17,22-24,29-39,41,43-47,91H2,1-4H3,(H2,92,113)(H,94,124)(H,95,114)(H,96,129)(H,97,127)(H,98,131)(H,99,123)(H,100,128)(H,101,130)(H,102,126)(H,103,125)(H,115,116)(H,117,118)(H,119,120)(H,121,122)/b6-5-/t48-,53+,57-,58-,59-,60-,61-,62-,63-,64-,65-,67-,68-,69-,70-/m0/s1. The van der Waals surface area contributed by atoms with Crippen molar-refractivity contribution in [3.8, 4) is 5.75 Å². The third-order valence-electron chi connectivity index (χ3n) is 24.4. The predicted molar refractivity (Wildman–Crippen MR) is 488 cm³/mol. The summed E-state index contributed by atoms with van der Waals surface area (Å²) in [7, 11) is 3.63. The van der Waals surface area contributed by atoms with Gasteiger partial charge in [0, 0.05) is 119 Å². The predicted octanol–water partition coefficient (Wildman–Crippen LogP) is -4.05. The van der Waals surface area contributed by atoms with E-state index in [-0.39, 0.29) is 62.8 Å². The minimum absolute atomic E-state index is 0.0789. The summed E-state index contributed by atoms with van der Waals surface area (Å²) in [6.45, 7) is -3.06. The van der Waals surface area contributed by atoms with E-state index in [1.165, 1.54) is 62.2 Å². The summed E-state index contributed by atoms with van der Waals surface area (Å²) in [6, 6.07) is -5.93. The Morgan fingerprint density at radius 2 is 1.04 bits per heavy atom. The third-order valence-corrected chi connectivity index (χ3v) is 25.4. The second-order valence-electron chi connectivity index (χ2n) is 34.2. The first-order valence-electron chi connectivity index (χ1n) is 44.8. The van der Waals surface area contributed by atoms with Gasteiger partial charge in [-0.25, -0.2) is 0 Å². The Hall–Kier alpha value is -14.1. The zero-order chi connectivity index (χ0) is 100. The lowest BCUT2D eigenvalue weighted by molar-refractivity contribution is -0.149. The number of thioether (sulfide) groups is 1. The second-order valence-corrected chi connectivity index (χ2v) is 35.2. The van der Waals surface area contributed by atoms with Crippen molar-refractivity contribution in [3.05, 3.63) is 114 Å². The van der Waals surface area contributed by atoms with Crippen molar-refractivity contribution in [2.45, 2.75) is 226 Å². The molecule has 3 aromatic carbocycles. The molecule has 9 rings (SSSR count). The van der Waals surface area contributed by atoms with Gasteiger partial charge in [0.25, 0.3) is 0 Å². The van der Waals surface area contributed by atoms with E-state index in [2.05, 4.69) is 58.2 Å². The number of benzene rings is 3. The number of likely N-dealkylation sites (N-methyl/N-ethyl adjacent to an activating group) is 3. The number of carboxylic acids is 4. The van der Waals surface area contributed by atoms with Crippen molar-refractivity contribution < 1.29 is 132 Å². The van der Waals surface area contributed by atoms with E-state index in [0.29, 0.717) is 70.4 Å². The van der Waals surface area contributed by atoms with Gasteiger partial charge in [-0.1, -0.05) is 73.5 Å². The molecular weight excluding hydrogens is 1810 g/mol. The minimum Gasteiger partial charge on any atom is -0.508 e. The zero-order valence-corrected chi connectivity index (χ0v) is 76.8. The summed E-state index contributed by atoms with van der Waals surface area (Å²) in [5.74, 6) is -24.7. The molecule has 137 heavy (non-hydrogen) atoms. The number of aliphatic carboxylic acids is 4. The summed E-state index contributed by atoms with van der Waals surface area (Å²) in [4.78, 5) is 293. The number of phenols is 1. The van der Waals surface area contributed by atoms with Crippen LogP contribution < -0.4 is 64.6 Å². The summed E-state index contributed by atoms with van der Waals surface area (Å²) < 4.78 is 1.37. The lowest BCUT2D eigenvalue weighted by Crippen LogP contribution is -2.62. The van der Waals surface area contributed by atoms with Gasteiger partial charge in [0.2, 0.25) is 94.5 Å². The maximum Gasteiger partial charge on any atom is 0.323 e. The van der Waals surface area contributed by atoms with E-state index in [1.54, 1.807) is 48.5 Å². The Bertz CT molecular complexity index is 5320. The molecule has 0 saturated carbocycles. The molecule has 2 aromatic heterocycles. The van der Waals surface area contributed by atoms with Gasteiger partial charge >= 0.3 is 23.9 Å². The molecule has 4 aliphatic heterocycles. The fourth-order valence-electron chi connectivity index (χ4n) is 16.8. The smallest absolute Gasteiger partial charge is 0.323 e. The Morgan fingerprint density at radius 3 is 1.69 bits per heavy atom. The monoisotopic (exact) mass is 1930 g/mol. The number of carboxylic acid groups (broad SMARTS) is 4. The topological polar surface area (TPSA) is 692 Å². The molecule has 2 bridgehead atoms. The van der Waals surface area contributed by atoms with Gasteiger partial charge in [-0.05, 0) is 112 Å². The molecule has 0 spiro atoms. The number of H-pyrrole nitrogens is 1. The highest BCUT2D eigenvalue weighted by atomic mass is 32.2. The molecule has 46 nitrogen and oxygen atoms in total. The number of aromatic nitrogens is 2. The van der Waals surface area contributed by atoms with Crippen LogP contribution >= 0.6 is 11.8 Å². The lowest BCUT2D eigenvalue weighted by Gasteiger charge is -2.36. The number of hydrogen-bond acceptors (Lipinski definition) is 25. The van der Waals surface area contributed by atoms with E-state index in [1.807, 2.05) is 12.2 Å². The number of carbonyl (C=O) groups excluding carboxylic acids is 16. The van der Waals surface area contributed by atoms with Crippen LogP contribution in [0.15, 0.2) is 97.3 Å². The number of nitrogens with one attached hydrogen (secondary N) is 11. The molecular formula is C90H119N19O27S. The Morgan fingerprint density at radius 1 is 0.504 bits per heavy atom. The highest BCUT2D eigenvalue weighted by Crippen LogP contribution is 2.29. The number of aliphatic hydroxyl groups is 2. The number of nitrogens with two attached hydrogens (primary N) is 2. The normalized spacial score (nSPS) is 25.6. The second kappa shape index (κ2) is 50.5. The average molecular weight is 1930 g/mol. The Labute approximate surface area is 790 Å². The first-order valence-corrected chi connectivity index (χ1v) is 46.0. The molecule has 742 valence electrons. The number of para-hydroxylation sites is 2. The van der Waals surface area contributed by atoms with Crippen LogP contribution in [0.3, 0.4) is 0 Å². The van der Waals surface area contributed by atoms with Crippen LogP contribution in [0.2, 0.25) is 0 Å². The number of nitrogens with zero attached hydrogens (tertiary/aromatic N) is 6. The SMILES string of the molecule is C[C@H]1C(=O)N[C@@H](CC(=O)O)C(=O)N2CCC[C@H]2C(=O)N[C@@H](CN)C(=O)N[C@@H](CCC(=O)O)C(=O)N2C[C@H](O)C[C@H]2C(=O)N[C@@H](Cc2c[nH]c3ccccc23)C(=O)N[C@@H](CO)C(=O)N[C@@H](Cc2cn(CC(=O)O)c3ccccc23)C(=O)N(C)[C@H]2CCCC/C=C\CCCC[C@@H](C(=O)N[C@@H](CCC(=O)O)C(=O)N[C@H](C(=O)NCC(N)=O)CSCC(=O)N[C@@H](Cc3ccc(O)cc3)C(=O)N1C)N(C)C2=O. The van der Waals surface area contributed by atoms with Gasteiger partial charge in [-0.15, -0.1) is 11.8 Å². The molecule has 47 heteroatoms. The maximum atomic E-state index is 15.9. The van der Waals surface area contributed by atoms with Crippen molar-refractivity contribution in [3.63, 3.8) is 0 Å². The van der Waals surface area contributed by atoms with E-state index in [0.717, 1.165) is 31.5 Å². The minimum atomic E-state index is -2.04. The summed E-state index contributed by atoms with van der Waals surface area (Å²) >= 11 is 0.666. The van der Waals surface area contributed by atoms with E-state index < -0.39 is 305 Å². The van der Waals surface area contributed by atoms with Gasteiger partial charge in [-0.2, -0.15) is 0 Å². The van der Waals surface area contributed by atoms with Gasteiger partial charge in [0.1, 0.15) is 96.9 Å². The first-order chi connectivity index (χ1) is 65.2. The van der Waals surface area contributed by atoms with E-state index >= 15 is 33.6 Å². The van der Waals surface area contributed by atoms with Crippen LogP contribution in [-0.4, -0.2) is 344 Å². The van der Waals surface area contributed by atoms with Crippen molar-refractivity contribution >= 4 is 152 Å². The highest BCUT2D eigenvalue weighted by molar-refractivity contribution is 8.00. The Kier molecular flexibility index (Phi) is 39.3. The summed E-state index contributed by atoms with van der Waals surface area (Å²) in [5, 5.41) is 98.7. The Balaban J connectivity index is 1.11. The molecule has 0 aliphatic carbocycles. The quantitative estimate of drug-likeness (QED) is 0.0311. The molecule has 16 amide bonds. The summed E-state index contributed by atoms with van der Waals surface area (Å²) in [5.41, 5.74) is 13.4. The number of rotatable bonds is 21. The maximum absolute atomic E-state index is 15.9. The van der Waals surface area contributed by atoms with Gasteiger partial charge in [-0.3, -0.25) is 95.9 Å². The number of hydrogen-bond donors (Lipinski definition) is 20.